The summed E-state index contributed by atoms with van der Waals surface area (Å²) < 4.78 is 16.9. The van der Waals surface area contributed by atoms with Gasteiger partial charge in [-0.15, -0.1) is 0 Å². The minimum absolute atomic E-state index is 0.0667. The SMILES string of the molecule is CCCCCCC/C=C\C/C=C\C/C=C\CCCCCCCCCCCCCCCCC(=O)OCC(COC(=O)CCCCCCCCC)OC(=O)CCCCCCCCCCCCCCCCCCCCCCCCCCCCCCC. The van der Waals surface area contributed by atoms with Crippen molar-refractivity contribution in [3.05, 3.63) is 36.5 Å². The second-order valence-electron chi connectivity index (χ2n) is 25.6. The van der Waals surface area contributed by atoms with Gasteiger partial charge in [-0.25, -0.2) is 0 Å². The van der Waals surface area contributed by atoms with Crippen molar-refractivity contribution < 1.29 is 28.6 Å². The van der Waals surface area contributed by atoms with E-state index in [9.17, 15) is 14.4 Å². The predicted molar refractivity (Wildman–Crippen MR) is 362 cm³/mol. The number of hydrogen-bond acceptors (Lipinski definition) is 6. The fraction of sp³-hybridized carbons (Fsp3) is 0.883. The van der Waals surface area contributed by atoms with Gasteiger partial charge in [0, 0.05) is 19.3 Å². The molecule has 1 atom stereocenters. The van der Waals surface area contributed by atoms with Crippen molar-refractivity contribution in [1.82, 2.24) is 0 Å². The topological polar surface area (TPSA) is 78.9 Å². The molecule has 0 aromatic rings. The number of carbonyl (C=O) groups is 3. The van der Waals surface area contributed by atoms with Crippen LogP contribution in [0.3, 0.4) is 0 Å². The molecule has 0 aromatic heterocycles. The van der Waals surface area contributed by atoms with Gasteiger partial charge in [0.25, 0.3) is 0 Å². The van der Waals surface area contributed by atoms with Gasteiger partial charge in [-0.3, -0.25) is 14.4 Å². The summed E-state index contributed by atoms with van der Waals surface area (Å²) >= 11 is 0. The highest BCUT2D eigenvalue weighted by Crippen LogP contribution is 2.19. The van der Waals surface area contributed by atoms with Crippen molar-refractivity contribution in [3.63, 3.8) is 0 Å². The average Bonchev–Trinajstić information content (AvgIpc) is 3.49. The highest BCUT2D eigenvalue weighted by molar-refractivity contribution is 5.71. The Morgan fingerprint density at radius 3 is 0.675 bits per heavy atom. The van der Waals surface area contributed by atoms with E-state index in [0.717, 1.165) is 70.6 Å². The number of ether oxygens (including phenoxy) is 3. The number of hydrogen-bond donors (Lipinski definition) is 0. The molecular weight excluding hydrogens is 1020 g/mol. The smallest absolute Gasteiger partial charge is 0.306 e. The van der Waals surface area contributed by atoms with Crippen LogP contribution in [-0.4, -0.2) is 37.2 Å². The highest BCUT2D eigenvalue weighted by atomic mass is 16.6. The maximum atomic E-state index is 12.9. The largest absolute Gasteiger partial charge is 0.462 e. The molecule has 0 amide bonds. The van der Waals surface area contributed by atoms with Gasteiger partial charge < -0.3 is 14.2 Å². The summed E-state index contributed by atoms with van der Waals surface area (Å²) in [6.07, 6.45) is 90.9. The molecule has 0 aliphatic heterocycles. The standard InChI is InChI=1S/C77H144O6/c1-4-7-10-13-16-18-20-22-24-26-28-30-32-34-36-38-40-42-44-46-48-50-52-54-56-58-61-64-67-70-76(79)82-73-74(72-81-75(78)69-66-63-60-15-12-9-6-3)83-77(80)71-68-65-62-59-57-55-53-51-49-47-45-43-41-39-37-35-33-31-29-27-25-23-21-19-17-14-11-8-5-2/h20,22,26,28,32,34,74H,4-19,21,23-25,27,29-31,33,35-73H2,1-3H3/b22-20-,28-26-,34-32-. The van der Waals surface area contributed by atoms with E-state index in [1.807, 2.05) is 0 Å². The number of unbranched alkanes of at least 4 members (excludes halogenated alkanes) is 53. The van der Waals surface area contributed by atoms with E-state index in [4.69, 9.17) is 14.2 Å². The fourth-order valence-electron chi connectivity index (χ4n) is 11.5. The minimum atomic E-state index is -0.768. The van der Waals surface area contributed by atoms with Gasteiger partial charge in [-0.05, 0) is 57.8 Å². The van der Waals surface area contributed by atoms with Crippen molar-refractivity contribution in [2.24, 2.45) is 0 Å². The van der Waals surface area contributed by atoms with Crippen molar-refractivity contribution >= 4 is 17.9 Å². The zero-order valence-electron chi connectivity index (χ0n) is 56.2. The minimum Gasteiger partial charge on any atom is -0.462 e. The van der Waals surface area contributed by atoms with Crippen LogP contribution in [-0.2, 0) is 28.6 Å². The lowest BCUT2D eigenvalue weighted by atomic mass is 10.0. The Labute approximate surface area is 518 Å². The summed E-state index contributed by atoms with van der Waals surface area (Å²) in [5.74, 6) is -0.845. The molecule has 1 unspecified atom stereocenters. The Balaban J connectivity index is 3.99. The third-order valence-electron chi connectivity index (χ3n) is 17.1. The van der Waals surface area contributed by atoms with Gasteiger partial charge in [-0.1, -0.05) is 378 Å². The summed E-state index contributed by atoms with van der Waals surface area (Å²) in [6.45, 7) is 6.66. The molecule has 0 fully saturated rings. The summed E-state index contributed by atoms with van der Waals surface area (Å²) in [4.78, 5) is 38.2. The Morgan fingerprint density at radius 1 is 0.241 bits per heavy atom. The molecular formula is C77H144O6. The van der Waals surface area contributed by atoms with E-state index in [2.05, 4.69) is 57.2 Å². The normalized spacial score (nSPS) is 12.2. The molecule has 488 valence electrons. The number of carbonyl (C=O) groups excluding carboxylic acids is 3. The van der Waals surface area contributed by atoms with E-state index in [1.54, 1.807) is 0 Å². The van der Waals surface area contributed by atoms with Gasteiger partial charge in [-0.2, -0.15) is 0 Å². The van der Waals surface area contributed by atoms with Crippen LogP contribution < -0.4 is 0 Å². The summed E-state index contributed by atoms with van der Waals surface area (Å²) in [6, 6.07) is 0. The fourth-order valence-corrected chi connectivity index (χ4v) is 11.5. The highest BCUT2D eigenvalue weighted by Gasteiger charge is 2.20. The Kier molecular flexibility index (Phi) is 70.0. The maximum absolute atomic E-state index is 12.9. The lowest BCUT2D eigenvalue weighted by Crippen LogP contribution is -2.30. The maximum Gasteiger partial charge on any atom is 0.306 e. The zero-order chi connectivity index (χ0) is 59.9. The van der Waals surface area contributed by atoms with Gasteiger partial charge in [0.05, 0.1) is 0 Å². The second-order valence-corrected chi connectivity index (χ2v) is 25.6. The number of allylic oxidation sites excluding steroid dienone is 6. The lowest BCUT2D eigenvalue weighted by Gasteiger charge is -2.18. The Morgan fingerprint density at radius 2 is 0.434 bits per heavy atom. The molecule has 0 bridgehead atoms. The zero-order valence-corrected chi connectivity index (χ0v) is 56.2. The molecule has 0 heterocycles. The van der Waals surface area contributed by atoms with E-state index in [1.165, 1.54) is 308 Å². The number of esters is 3. The van der Waals surface area contributed by atoms with Crippen LogP contribution in [0.1, 0.15) is 419 Å². The van der Waals surface area contributed by atoms with Crippen LogP contribution in [0.25, 0.3) is 0 Å². The third-order valence-corrected chi connectivity index (χ3v) is 17.1. The van der Waals surface area contributed by atoms with Crippen LogP contribution in [0.2, 0.25) is 0 Å². The van der Waals surface area contributed by atoms with Gasteiger partial charge in [0.15, 0.2) is 6.10 Å². The lowest BCUT2D eigenvalue weighted by molar-refractivity contribution is -0.167. The second kappa shape index (κ2) is 72.1. The van der Waals surface area contributed by atoms with E-state index in [0.29, 0.717) is 19.3 Å². The van der Waals surface area contributed by atoms with Crippen LogP contribution in [0.5, 0.6) is 0 Å². The van der Waals surface area contributed by atoms with Crippen molar-refractivity contribution in [1.29, 1.82) is 0 Å². The first kappa shape index (κ1) is 80.6. The van der Waals surface area contributed by atoms with Crippen molar-refractivity contribution in [2.75, 3.05) is 13.2 Å². The molecule has 0 rings (SSSR count). The predicted octanol–water partition coefficient (Wildman–Crippen LogP) is 25.9. The quantitative estimate of drug-likeness (QED) is 0.0261. The van der Waals surface area contributed by atoms with Crippen molar-refractivity contribution in [2.45, 2.75) is 425 Å². The van der Waals surface area contributed by atoms with Gasteiger partial charge >= 0.3 is 17.9 Å². The third kappa shape index (κ3) is 70.3. The van der Waals surface area contributed by atoms with Gasteiger partial charge in [0.2, 0.25) is 0 Å². The molecule has 6 nitrogen and oxygen atoms in total. The molecule has 6 heteroatoms. The Hall–Kier alpha value is -2.37. The van der Waals surface area contributed by atoms with Crippen LogP contribution in [0, 0.1) is 0 Å². The Bertz CT molecular complexity index is 1380. The van der Waals surface area contributed by atoms with E-state index < -0.39 is 6.10 Å². The summed E-state index contributed by atoms with van der Waals surface area (Å²) in [7, 11) is 0. The van der Waals surface area contributed by atoms with Crippen LogP contribution in [0.15, 0.2) is 36.5 Å². The first-order valence-corrected chi connectivity index (χ1v) is 37.5. The van der Waals surface area contributed by atoms with Gasteiger partial charge in [0.1, 0.15) is 13.2 Å². The van der Waals surface area contributed by atoms with E-state index >= 15 is 0 Å². The first-order chi connectivity index (χ1) is 41.0. The molecule has 0 aliphatic carbocycles. The average molecular weight is 1170 g/mol. The molecule has 0 saturated carbocycles. The van der Waals surface area contributed by atoms with Crippen LogP contribution in [0.4, 0.5) is 0 Å². The summed E-state index contributed by atoms with van der Waals surface area (Å²) in [5.41, 5.74) is 0. The molecule has 0 N–H and O–H groups in total. The monoisotopic (exact) mass is 1170 g/mol. The summed E-state index contributed by atoms with van der Waals surface area (Å²) in [5, 5.41) is 0. The van der Waals surface area contributed by atoms with E-state index in [-0.39, 0.29) is 31.1 Å². The molecule has 0 saturated heterocycles. The van der Waals surface area contributed by atoms with Crippen LogP contribution >= 0.6 is 0 Å². The molecule has 0 aliphatic rings. The van der Waals surface area contributed by atoms with Crippen molar-refractivity contribution in [3.8, 4) is 0 Å². The first-order valence-electron chi connectivity index (χ1n) is 37.5. The number of rotatable bonds is 70. The molecule has 0 aromatic carbocycles. The molecule has 0 spiro atoms. The molecule has 83 heavy (non-hydrogen) atoms. The molecule has 0 radical (unpaired) electrons.